The SMILES string of the molecule is C=CCCNNN1CCC[C@](N)([PH+]=O)C1=O. The van der Waals surface area contributed by atoms with Crippen LogP contribution >= 0.6 is 8.46 Å². The molecule has 1 rings (SSSR count). The third kappa shape index (κ3) is 3.09. The van der Waals surface area contributed by atoms with Gasteiger partial charge in [-0.25, -0.2) is 5.43 Å². The average molecular weight is 245 g/mol. The zero-order valence-electron chi connectivity index (χ0n) is 9.16. The largest absolute Gasteiger partial charge is 0.356 e. The number of amides is 1. The Hall–Kier alpha value is -0.810. The van der Waals surface area contributed by atoms with Gasteiger partial charge in [-0.15, -0.1) is 6.58 Å². The Morgan fingerprint density at radius 3 is 3.06 bits per heavy atom. The summed E-state index contributed by atoms with van der Waals surface area (Å²) in [5, 5.41) is 0.169. The first-order chi connectivity index (χ1) is 7.64. The lowest BCUT2D eigenvalue weighted by Gasteiger charge is -2.31. The Balaban J connectivity index is 2.44. The summed E-state index contributed by atoms with van der Waals surface area (Å²) >= 11 is 0. The van der Waals surface area contributed by atoms with E-state index in [0.29, 0.717) is 19.5 Å². The topological polar surface area (TPSA) is 87.5 Å². The molecule has 90 valence electrons. The molecular weight excluding hydrogens is 227 g/mol. The number of carbonyl (C=O) groups is 1. The van der Waals surface area contributed by atoms with E-state index >= 15 is 0 Å². The highest BCUT2D eigenvalue weighted by Gasteiger charge is 2.48. The normalized spacial score (nSPS) is 26.1. The van der Waals surface area contributed by atoms with Crippen LogP contribution in [-0.4, -0.2) is 29.3 Å². The Kier molecular flexibility index (Phi) is 5.02. The van der Waals surface area contributed by atoms with Crippen LogP contribution in [0.3, 0.4) is 0 Å². The Morgan fingerprint density at radius 1 is 1.69 bits per heavy atom. The minimum absolute atomic E-state index is 0.321. The van der Waals surface area contributed by atoms with Gasteiger partial charge < -0.3 is 0 Å². The second-order valence-electron chi connectivity index (χ2n) is 3.75. The van der Waals surface area contributed by atoms with Crippen LogP contribution in [0, 0.1) is 0 Å². The fourth-order valence-electron chi connectivity index (χ4n) is 1.49. The number of nitrogens with one attached hydrogen (secondary N) is 2. The van der Waals surface area contributed by atoms with E-state index in [4.69, 9.17) is 5.73 Å². The van der Waals surface area contributed by atoms with Crippen molar-refractivity contribution < 1.29 is 9.36 Å². The number of hydrogen-bond donors (Lipinski definition) is 3. The number of nitrogens with two attached hydrogens (primary N) is 1. The van der Waals surface area contributed by atoms with Gasteiger partial charge in [-0.05, 0) is 12.8 Å². The van der Waals surface area contributed by atoms with Gasteiger partial charge in [-0.2, -0.15) is 5.53 Å². The van der Waals surface area contributed by atoms with E-state index in [1.807, 2.05) is 0 Å². The maximum Gasteiger partial charge on any atom is 0.356 e. The van der Waals surface area contributed by atoms with Gasteiger partial charge in [-0.1, -0.05) is 10.6 Å². The highest BCUT2D eigenvalue weighted by Crippen LogP contribution is 2.28. The molecule has 1 amide bonds. The van der Waals surface area contributed by atoms with E-state index in [1.165, 1.54) is 5.01 Å². The highest BCUT2D eigenvalue weighted by atomic mass is 31.1. The third-order valence-electron chi connectivity index (χ3n) is 2.45. The zero-order valence-corrected chi connectivity index (χ0v) is 10.2. The zero-order chi connectivity index (χ0) is 12.0. The van der Waals surface area contributed by atoms with Gasteiger partial charge in [0.15, 0.2) is 0 Å². The van der Waals surface area contributed by atoms with E-state index in [0.717, 1.165) is 12.8 Å². The molecule has 1 unspecified atom stereocenters. The van der Waals surface area contributed by atoms with Crippen molar-refractivity contribution in [2.45, 2.75) is 24.5 Å². The van der Waals surface area contributed by atoms with Crippen LogP contribution < -0.4 is 16.7 Å². The molecule has 1 fully saturated rings. The van der Waals surface area contributed by atoms with Gasteiger partial charge in [0.25, 0.3) is 5.28 Å². The molecule has 4 N–H and O–H groups in total. The van der Waals surface area contributed by atoms with Crippen molar-refractivity contribution in [1.29, 1.82) is 0 Å². The molecule has 0 aliphatic carbocycles. The van der Waals surface area contributed by atoms with Gasteiger partial charge in [0.1, 0.15) is 0 Å². The summed E-state index contributed by atoms with van der Waals surface area (Å²) in [5.41, 5.74) is 11.4. The van der Waals surface area contributed by atoms with E-state index in [-0.39, 0.29) is 5.91 Å². The number of hydrazine groups is 2. The smallest absolute Gasteiger partial charge is 0.277 e. The van der Waals surface area contributed by atoms with Crippen LogP contribution in [0.5, 0.6) is 0 Å². The van der Waals surface area contributed by atoms with Crippen LogP contribution in [-0.2, 0) is 9.36 Å². The molecule has 1 heterocycles. The molecule has 0 aromatic heterocycles. The van der Waals surface area contributed by atoms with Gasteiger partial charge in [0.05, 0.1) is 0 Å². The monoisotopic (exact) mass is 245 g/mol. The molecule has 0 saturated carbocycles. The van der Waals surface area contributed by atoms with E-state index in [1.54, 1.807) is 6.08 Å². The highest BCUT2D eigenvalue weighted by molar-refractivity contribution is 7.27. The van der Waals surface area contributed by atoms with E-state index in [2.05, 4.69) is 17.5 Å². The summed E-state index contributed by atoms with van der Waals surface area (Å²) in [6.45, 7) is 4.83. The summed E-state index contributed by atoms with van der Waals surface area (Å²) in [4.78, 5) is 11.8. The molecule has 1 aliphatic heterocycles. The van der Waals surface area contributed by atoms with Crippen LogP contribution in [0.25, 0.3) is 0 Å². The Labute approximate surface area is 96.4 Å². The second-order valence-corrected chi connectivity index (χ2v) is 4.85. The molecular formula is C9H18N4O2P+. The van der Waals surface area contributed by atoms with Crippen LogP contribution in [0.2, 0.25) is 0 Å². The summed E-state index contributed by atoms with van der Waals surface area (Å²) in [5.74, 6) is -0.321. The van der Waals surface area contributed by atoms with Crippen molar-refractivity contribution in [3.63, 3.8) is 0 Å². The quantitative estimate of drug-likeness (QED) is 0.263. The lowest BCUT2D eigenvalue weighted by Crippen LogP contribution is -2.62. The third-order valence-corrected chi connectivity index (χ3v) is 3.28. The molecule has 1 saturated heterocycles. The predicted octanol–water partition coefficient (Wildman–Crippen LogP) is -0.127. The number of rotatable bonds is 6. The molecule has 0 aromatic carbocycles. The summed E-state index contributed by atoms with van der Waals surface area (Å²) in [6.07, 6.45) is 3.79. The first-order valence-electron chi connectivity index (χ1n) is 5.23. The number of carbonyl (C=O) groups excluding carboxylic acids is 1. The lowest BCUT2D eigenvalue weighted by atomic mass is 10.1. The fourth-order valence-corrected chi connectivity index (χ4v) is 1.99. The van der Waals surface area contributed by atoms with Gasteiger partial charge >= 0.3 is 14.4 Å². The molecule has 7 heteroatoms. The molecule has 0 aromatic rings. The number of nitrogens with zero attached hydrogens (tertiary/aromatic N) is 1. The van der Waals surface area contributed by atoms with Crippen molar-refractivity contribution in [3.8, 4) is 0 Å². The molecule has 1 aliphatic rings. The molecule has 2 atom stereocenters. The molecule has 16 heavy (non-hydrogen) atoms. The Morgan fingerprint density at radius 2 is 2.44 bits per heavy atom. The van der Waals surface area contributed by atoms with Crippen molar-refractivity contribution in [2.75, 3.05) is 13.1 Å². The fraction of sp³-hybridized carbons (Fsp3) is 0.667. The van der Waals surface area contributed by atoms with Crippen molar-refractivity contribution in [2.24, 2.45) is 5.73 Å². The van der Waals surface area contributed by atoms with Crippen molar-refractivity contribution in [3.05, 3.63) is 12.7 Å². The van der Waals surface area contributed by atoms with Crippen LogP contribution in [0.4, 0.5) is 0 Å². The minimum atomic E-state index is -1.22. The predicted molar refractivity (Wildman–Crippen MR) is 62.8 cm³/mol. The van der Waals surface area contributed by atoms with Crippen molar-refractivity contribution >= 4 is 14.4 Å². The van der Waals surface area contributed by atoms with Crippen molar-refractivity contribution in [1.82, 2.24) is 16.0 Å². The van der Waals surface area contributed by atoms with E-state index in [9.17, 15) is 9.36 Å². The van der Waals surface area contributed by atoms with Crippen LogP contribution in [0.15, 0.2) is 12.7 Å². The summed E-state index contributed by atoms with van der Waals surface area (Å²) in [7, 11) is -0.816. The Bertz CT molecular complexity index is 287. The van der Waals surface area contributed by atoms with Gasteiger partial charge in [0.2, 0.25) is 0 Å². The average Bonchev–Trinajstić information content (AvgIpc) is 2.30. The second kappa shape index (κ2) is 6.06. The standard InChI is InChI=1S/C9H17N4O2P/c1-2-3-6-11-12-13-7-4-5-9(10,16-15)8(13)14/h2,11-12H,1,3-7,10H2/p+1/t9-/m0/s1. The maximum atomic E-state index is 11.8. The first-order valence-corrected chi connectivity index (χ1v) is 6.14. The first kappa shape index (κ1) is 13.3. The lowest BCUT2D eigenvalue weighted by molar-refractivity contribution is -0.141. The minimum Gasteiger partial charge on any atom is -0.277 e. The van der Waals surface area contributed by atoms with Crippen LogP contribution in [0.1, 0.15) is 19.3 Å². The summed E-state index contributed by atoms with van der Waals surface area (Å²) in [6, 6.07) is 0. The molecule has 0 spiro atoms. The summed E-state index contributed by atoms with van der Waals surface area (Å²) < 4.78 is 10.9. The van der Waals surface area contributed by atoms with E-state index < -0.39 is 13.7 Å². The van der Waals surface area contributed by atoms with Gasteiger partial charge in [-0.3, -0.25) is 15.5 Å². The maximum absolute atomic E-state index is 11.8. The van der Waals surface area contributed by atoms with Gasteiger partial charge in [0, 0.05) is 19.5 Å². The number of hydrogen-bond acceptors (Lipinski definition) is 5. The molecule has 0 radical (unpaired) electrons. The molecule has 6 nitrogen and oxygen atoms in total. The number of piperidine rings is 1. The molecule has 0 bridgehead atoms.